The molecule has 0 aromatic heterocycles. The predicted octanol–water partition coefficient (Wildman–Crippen LogP) is 4.03. The van der Waals surface area contributed by atoms with Crippen LogP contribution in [-0.4, -0.2) is 167 Å². The van der Waals surface area contributed by atoms with Crippen LogP contribution in [0.4, 0.5) is 4.79 Å². The maximum atomic E-state index is 14.0. The maximum absolute atomic E-state index is 14.0. The number of carbonyl (C=O) groups excluding carboxylic acids is 7. The molecule has 1 aliphatic carbocycles. The second-order valence-electron chi connectivity index (χ2n) is 24.2. The second kappa shape index (κ2) is 31.3. The van der Waals surface area contributed by atoms with Crippen LogP contribution in [0, 0.1) is 34.5 Å². The Bertz CT molecular complexity index is 2220. The van der Waals surface area contributed by atoms with Crippen LogP contribution in [-0.2, 0) is 63.6 Å². The Morgan fingerprint density at radius 2 is 1.43 bits per heavy atom. The van der Waals surface area contributed by atoms with Crippen molar-refractivity contribution in [1.82, 2.24) is 37.2 Å². The van der Waals surface area contributed by atoms with Crippen molar-refractivity contribution in [1.29, 1.82) is 0 Å². The summed E-state index contributed by atoms with van der Waals surface area (Å²) in [5.41, 5.74) is -0.834. The molecule has 2 heterocycles. The van der Waals surface area contributed by atoms with E-state index in [9.17, 15) is 38.7 Å². The van der Waals surface area contributed by atoms with E-state index in [0.29, 0.717) is 19.4 Å². The second-order valence-corrected chi connectivity index (χ2v) is 24.2. The number of amides is 7. The average molecular weight is 1130 g/mol. The Labute approximate surface area is 475 Å². The van der Waals surface area contributed by atoms with E-state index >= 15 is 0 Å². The van der Waals surface area contributed by atoms with Gasteiger partial charge in [0.1, 0.15) is 35.5 Å². The van der Waals surface area contributed by atoms with Gasteiger partial charge in [0.25, 0.3) is 0 Å². The van der Waals surface area contributed by atoms with E-state index in [1.54, 1.807) is 45.2 Å². The van der Waals surface area contributed by atoms with Crippen LogP contribution in [0.25, 0.3) is 0 Å². The van der Waals surface area contributed by atoms with Gasteiger partial charge in [0.05, 0.1) is 64.2 Å². The molecule has 4 rings (SSSR count). The topological polar surface area (TPSA) is 286 Å². The smallest absolute Gasteiger partial charge is 0.407 e. The molecule has 2 saturated heterocycles. The van der Waals surface area contributed by atoms with Crippen molar-refractivity contribution in [2.24, 2.45) is 34.5 Å². The van der Waals surface area contributed by atoms with Crippen molar-refractivity contribution >= 4 is 41.5 Å². The molecule has 1 saturated carbocycles. The van der Waals surface area contributed by atoms with Crippen molar-refractivity contribution in [2.45, 2.75) is 176 Å². The third-order valence-corrected chi connectivity index (χ3v) is 15.6. The lowest BCUT2D eigenvalue weighted by Crippen LogP contribution is -2.56. The van der Waals surface area contributed by atoms with Gasteiger partial charge < -0.3 is 70.7 Å². The summed E-state index contributed by atoms with van der Waals surface area (Å²) < 4.78 is 35.3. The Hall–Kier alpha value is -5.19. The number of rotatable bonds is 35. The molecule has 1 aromatic carbocycles. The van der Waals surface area contributed by atoms with Gasteiger partial charge in [0.2, 0.25) is 35.4 Å². The molecule has 80 heavy (non-hydrogen) atoms. The lowest BCUT2D eigenvalue weighted by Gasteiger charge is -2.42. The molecule has 1 spiro atoms. The lowest BCUT2D eigenvalue weighted by atomic mass is 9.64. The minimum absolute atomic E-state index is 0.0405. The Morgan fingerprint density at radius 3 is 2.00 bits per heavy atom. The molecule has 3 aliphatic rings. The molecule has 452 valence electrons. The summed E-state index contributed by atoms with van der Waals surface area (Å²) in [7, 11) is 1.63. The van der Waals surface area contributed by atoms with E-state index in [2.05, 4.69) is 64.1 Å². The fourth-order valence-corrected chi connectivity index (χ4v) is 11.0. The quantitative estimate of drug-likeness (QED) is 0.0271. The zero-order chi connectivity index (χ0) is 59.4. The summed E-state index contributed by atoms with van der Waals surface area (Å²) >= 11 is 0. The standard InChI is InChI=1S/C59H97N7O14/c1-37(2)19-20-46-58(12,80-46)50-49(75-13)45(21-22-59(50)36-78-59)79-55(74)61-24-26-77-28-27-76-25-23-60-47(68)33-62-51(70)43(29-38(3)4)66-52(71)44(30-42-17-15-14-16-18-42)65-48(69)34-64-54(73)57(11,40(7)8)35-56(10,31-39(5)6)53(72)63-32-41(9)67/h14-19,38-41,43-46,49-50,67H,20-36H2,1-13H3,(H,60,68)(H,61,74)(H,62,70)(H,63,72)(H,64,73)(H,65,69)(H,66,71)/t41?,43-,44-,45?,46-,49?,50?,56?,57?,58?,59+/m1/s1. The van der Waals surface area contributed by atoms with E-state index in [1.165, 1.54) is 5.57 Å². The molecular weight excluding hydrogens is 1030 g/mol. The first-order valence-electron chi connectivity index (χ1n) is 28.7. The van der Waals surface area contributed by atoms with E-state index in [-0.39, 0.29) is 119 Å². The number of carbonyl (C=O) groups is 7. The van der Waals surface area contributed by atoms with Crippen molar-refractivity contribution in [3.8, 4) is 0 Å². The zero-order valence-corrected chi connectivity index (χ0v) is 50.0. The molecule has 21 nitrogen and oxygen atoms in total. The Morgan fingerprint density at radius 1 is 0.787 bits per heavy atom. The lowest BCUT2D eigenvalue weighted by molar-refractivity contribution is -0.142. The Kier molecular flexibility index (Phi) is 26.3. The monoisotopic (exact) mass is 1130 g/mol. The van der Waals surface area contributed by atoms with Gasteiger partial charge in [-0.2, -0.15) is 0 Å². The number of allylic oxidation sites excluding steroid dienone is 1. The number of aliphatic hydroxyl groups is 1. The van der Waals surface area contributed by atoms with Crippen LogP contribution in [0.3, 0.4) is 0 Å². The first kappa shape index (κ1) is 67.3. The summed E-state index contributed by atoms with van der Waals surface area (Å²) in [6.07, 6.45) is 3.21. The fraction of sp³-hybridized carbons (Fsp3) is 0.746. The number of ether oxygens (including phenoxy) is 6. The number of nitrogens with one attached hydrogen (secondary N) is 7. The third kappa shape index (κ3) is 20.7. The highest BCUT2D eigenvalue weighted by molar-refractivity contribution is 5.95. The summed E-state index contributed by atoms with van der Waals surface area (Å²) in [6, 6.07) is 6.85. The van der Waals surface area contributed by atoms with Crippen molar-refractivity contribution < 1.29 is 67.1 Å². The highest BCUT2D eigenvalue weighted by Gasteiger charge is 2.72. The Balaban J connectivity index is 1.18. The molecule has 11 atom stereocenters. The molecule has 1 aromatic rings. The first-order valence-corrected chi connectivity index (χ1v) is 28.7. The van der Waals surface area contributed by atoms with E-state index in [4.69, 9.17) is 28.4 Å². The number of hydrogen-bond donors (Lipinski definition) is 8. The molecule has 8 N–H and O–H groups in total. The van der Waals surface area contributed by atoms with Gasteiger partial charge in [-0.25, -0.2) is 4.79 Å². The van der Waals surface area contributed by atoms with Crippen molar-refractivity contribution in [3.63, 3.8) is 0 Å². The molecule has 2 aliphatic heterocycles. The number of alkyl carbamates (subject to hydrolysis) is 1. The summed E-state index contributed by atoms with van der Waals surface area (Å²) in [4.78, 5) is 94.4. The van der Waals surface area contributed by atoms with Crippen molar-refractivity contribution in [2.75, 3.05) is 72.9 Å². The number of benzene rings is 1. The average Bonchev–Trinajstić information content (AvgIpc) is 3.94. The predicted molar refractivity (Wildman–Crippen MR) is 302 cm³/mol. The SMILES string of the molecule is COC1C(OC(=O)NCCOCCOCCNC(=O)CNC(=O)[C@@H](CC(C)C)NC(=O)[C@@H](Cc2ccccc2)NC(=O)CNC(=O)C(C)(CC(C)(CC(C)C)C(=O)NCC(C)O)C(C)C)CC[C@]2(CO2)C1C1(C)O[C@@H]1CC=C(C)C. The van der Waals surface area contributed by atoms with Crippen LogP contribution in [0.1, 0.15) is 127 Å². The van der Waals surface area contributed by atoms with E-state index < -0.39 is 82.9 Å². The van der Waals surface area contributed by atoms with E-state index in [0.717, 1.165) is 18.4 Å². The van der Waals surface area contributed by atoms with Crippen molar-refractivity contribution in [3.05, 3.63) is 47.5 Å². The summed E-state index contributed by atoms with van der Waals surface area (Å²) in [6.45, 7) is 24.1. The van der Waals surface area contributed by atoms with Gasteiger partial charge >= 0.3 is 6.09 Å². The number of epoxide rings is 2. The number of hydrogen-bond acceptors (Lipinski definition) is 14. The third-order valence-electron chi connectivity index (χ3n) is 15.6. The zero-order valence-electron chi connectivity index (χ0n) is 50.0. The molecule has 3 fully saturated rings. The molecule has 7 amide bonds. The molecular formula is C59H97N7O14. The van der Waals surface area contributed by atoms with Crippen LogP contribution in [0.5, 0.6) is 0 Å². The van der Waals surface area contributed by atoms with Crippen LogP contribution in [0.2, 0.25) is 0 Å². The van der Waals surface area contributed by atoms with Gasteiger partial charge in [-0.15, -0.1) is 0 Å². The van der Waals surface area contributed by atoms with Gasteiger partial charge in [0.15, 0.2) is 0 Å². The number of aliphatic hydroxyl groups excluding tert-OH is 1. The normalized spacial score (nSPS) is 23.8. The number of methoxy groups -OCH3 is 1. The molecule has 0 radical (unpaired) electrons. The highest BCUT2D eigenvalue weighted by atomic mass is 16.6. The molecule has 7 unspecified atom stereocenters. The first-order chi connectivity index (χ1) is 37.7. The van der Waals surface area contributed by atoms with Crippen LogP contribution < -0.4 is 37.2 Å². The van der Waals surface area contributed by atoms with Crippen LogP contribution >= 0.6 is 0 Å². The molecule has 0 bridgehead atoms. The minimum Gasteiger partial charge on any atom is -0.443 e. The summed E-state index contributed by atoms with van der Waals surface area (Å²) in [5, 5.41) is 29.0. The van der Waals surface area contributed by atoms with E-state index in [1.807, 2.05) is 54.5 Å². The van der Waals surface area contributed by atoms with Gasteiger partial charge in [-0.1, -0.05) is 97.4 Å². The highest BCUT2D eigenvalue weighted by Crippen LogP contribution is 2.59. The maximum Gasteiger partial charge on any atom is 0.407 e. The van der Waals surface area contributed by atoms with Crippen LogP contribution in [0.15, 0.2) is 42.0 Å². The fourth-order valence-electron chi connectivity index (χ4n) is 11.0. The van der Waals surface area contributed by atoms with Gasteiger partial charge in [-0.05, 0) is 89.5 Å². The molecule has 21 heteroatoms. The summed E-state index contributed by atoms with van der Waals surface area (Å²) in [5.74, 6) is -3.26. The van der Waals surface area contributed by atoms with Gasteiger partial charge in [-0.3, -0.25) is 28.8 Å². The largest absolute Gasteiger partial charge is 0.443 e. The van der Waals surface area contributed by atoms with Gasteiger partial charge in [0, 0.05) is 44.0 Å². The minimum atomic E-state index is -1.14.